The zero-order valence-electron chi connectivity index (χ0n) is 25.6. The molecule has 0 radical (unpaired) electrons. The van der Waals surface area contributed by atoms with Crippen molar-refractivity contribution in [1.29, 1.82) is 0 Å². The van der Waals surface area contributed by atoms with E-state index in [1.54, 1.807) is 11.3 Å². The van der Waals surface area contributed by atoms with Gasteiger partial charge in [-0.3, -0.25) is 0 Å². The van der Waals surface area contributed by atoms with Crippen LogP contribution in [-0.2, 0) is 0 Å². The largest absolute Gasteiger partial charge is 0.309 e. The van der Waals surface area contributed by atoms with Crippen LogP contribution >= 0.6 is 34.0 Å². The normalized spacial score (nSPS) is 11.8. The van der Waals surface area contributed by atoms with Gasteiger partial charge in [-0.05, 0) is 59.7 Å². The third kappa shape index (κ3) is 4.47. The van der Waals surface area contributed by atoms with Gasteiger partial charge in [-0.15, -0.1) is 34.0 Å². The number of aromatic nitrogens is 1. The van der Waals surface area contributed by atoms with Gasteiger partial charge in [0.05, 0.1) is 20.6 Å². The molecule has 0 aliphatic carbocycles. The van der Waals surface area contributed by atoms with Crippen LogP contribution in [0.3, 0.4) is 0 Å². The summed E-state index contributed by atoms with van der Waals surface area (Å²) in [6.45, 7) is 0. The van der Waals surface area contributed by atoms with Gasteiger partial charge in [0.15, 0.2) is 0 Å². The predicted molar refractivity (Wildman–Crippen MR) is 211 cm³/mol. The lowest BCUT2D eigenvalue weighted by atomic mass is 10.0. The highest BCUT2D eigenvalue weighted by molar-refractivity contribution is 7.28. The van der Waals surface area contributed by atoms with Gasteiger partial charge in [0.1, 0.15) is 5.01 Å². The second-order valence-corrected chi connectivity index (χ2v) is 15.1. The maximum absolute atomic E-state index is 5.07. The number of benzene rings is 7. The number of thiophene rings is 2. The SMILES string of the molecule is c1ccc(-c2ccc(N(c3ccc4c(c3)sc3ccccc34)c3cccc4c3sc3ccc5nc(-c6ccccc6)sc5c34)cc2)cc1. The molecule has 3 heterocycles. The smallest absolute Gasteiger partial charge is 0.124 e. The molecule has 0 aliphatic heterocycles. The van der Waals surface area contributed by atoms with Crippen molar-refractivity contribution in [3.05, 3.63) is 158 Å². The van der Waals surface area contributed by atoms with Gasteiger partial charge >= 0.3 is 0 Å². The van der Waals surface area contributed by atoms with Crippen molar-refractivity contribution in [3.8, 4) is 21.7 Å². The van der Waals surface area contributed by atoms with Gasteiger partial charge in [-0.1, -0.05) is 109 Å². The van der Waals surface area contributed by atoms with E-state index in [0.29, 0.717) is 0 Å². The quantitative estimate of drug-likeness (QED) is 0.182. The summed E-state index contributed by atoms with van der Waals surface area (Å²) in [5.41, 5.74) is 8.12. The third-order valence-electron chi connectivity index (χ3n) is 9.11. The average Bonchev–Trinajstić information content (AvgIpc) is 3.86. The van der Waals surface area contributed by atoms with Gasteiger partial charge in [0, 0.05) is 52.6 Å². The molecule has 10 aromatic rings. The van der Waals surface area contributed by atoms with Crippen LogP contribution in [0.5, 0.6) is 0 Å². The lowest BCUT2D eigenvalue weighted by Gasteiger charge is -2.26. The standard InChI is InChI=1S/C43H26N2S3/c1-3-10-27(11-4-1)28-18-20-30(21-19-28)45(31-22-23-33-32-14-7-8-17-37(32)46-39(33)26-31)36-16-9-15-34-40-38(47-41(34)36)25-24-35-42(40)48-43(44-35)29-12-5-2-6-13-29/h1-26H. The molecule has 48 heavy (non-hydrogen) atoms. The number of nitrogens with zero attached hydrogens (tertiary/aromatic N) is 2. The lowest BCUT2D eigenvalue weighted by molar-refractivity contribution is 1.31. The van der Waals surface area contributed by atoms with Crippen LogP contribution in [0.25, 0.3) is 72.3 Å². The molecule has 226 valence electrons. The number of rotatable bonds is 5. The monoisotopic (exact) mass is 666 g/mol. The van der Waals surface area contributed by atoms with E-state index in [1.165, 1.54) is 61.9 Å². The Morgan fingerprint density at radius 3 is 1.94 bits per heavy atom. The first-order valence-electron chi connectivity index (χ1n) is 16.0. The van der Waals surface area contributed by atoms with Gasteiger partial charge < -0.3 is 4.90 Å². The molecular formula is C43H26N2S3. The van der Waals surface area contributed by atoms with Crippen molar-refractivity contribution in [1.82, 2.24) is 4.98 Å². The molecule has 0 amide bonds. The van der Waals surface area contributed by atoms with Crippen LogP contribution in [0.15, 0.2) is 158 Å². The van der Waals surface area contributed by atoms with E-state index in [9.17, 15) is 0 Å². The summed E-state index contributed by atoms with van der Waals surface area (Å²) in [6, 6.07) is 57.0. The summed E-state index contributed by atoms with van der Waals surface area (Å²) in [5.74, 6) is 0. The highest BCUT2D eigenvalue weighted by Crippen LogP contribution is 2.49. The van der Waals surface area contributed by atoms with E-state index in [1.807, 2.05) is 22.7 Å². The molecule has 0 aliphatic rings. The number of hydrogen-bond donors (Lipinski definition) is 0. The molecule has 0 N–H and O–H groups in total. The highest BCUT2D eigenvalue weighted by atomic mass is 32.1. The second-order valence-electron chi connectivity index (χ2n) is 12.0. The van der Waals surface area contributed by atoms with E-state index in [-0.39, 0.29) is 0 Å². The summed E-state index contributed by atoms with van der Waals surface area (Å²) in [5, 5.41) is 6.26. The molecule has 0 saturated heterocycles. The molecule has 0 unspecified atom stereocenters. The Labute approximate surface area is 289 Å². The highest BCUT2D eigenvalue weighted by Gasteiger charge is 2.21. The molecule has 0 fully saturated rings. The van der Waals surface area contributed by atoms with Crippen LogP contribution in [-0.4, -0.2) is 4.98 Å². The minimum atomic E-state index is 1.06. The fraction of sp³-hybridized carbons (Fsp3) is 0. The van der Waals surface area contributed by atoms with E-state index < -0.39 is 0 Å². The van der Waals surface area contributed by atoms with Crippen LogP contribution in [0.4, 0.5) is 17.1 Å². The van der Waals surface area contributed by atoms with Crippen molar-refractivity contribution < 1.29 is 0 Å². The minimum absolute atomic E-state index is 1.06. The Bertz CT molecular complexity index is 2770. The molecule has 10 rings (SSSR count). The fourth-order valence-electron chi connectivity index (χ4n) is 6.85. The van der Waals surface area contributed by atoms with Crippen molar-refractivity contribution in [3.63, 3.8) is 0 Å². The fourth-order valence-corrected chi connectivity index (χ4v) is 10.4. The summed E-state index contributed by atoms with van der Waals surface area (Å²) >= 11 is 5.53. The number of hydrogen-bond acceptors (Lipinski definition) is 5. The average molecular weight is 667 g/mol. The van der Waals surface area contributed by atoms with Crippen LogP contribution < -0.4 is 4.90 Å². The van der Waals surface area contributed by atoms with Gasteiger partial charge in [-0.2, -0.15) is 0 Å². The van der Waals surface area contributed by atoms with Crippen molar-refractivity contribution in [2.24, 2.45) is 0 Å². The summed E-state index contributed by atoms with van der Waals surface area (Å²) in [4.78, 5) is 7.51. The number of anilines is 3. The minimum Gasteiger partial charge on any atom is -0.309 e. The molecule has 0 spiro atoms. The second kappa shape index (κ2) is 11.1. The zero-order valence-corrected chi connectivity index (χ0v) is 28.1. The van der Waals surface area contributed by atoms with Crippen LogP contribution in [0.1, 0.15) is 0 Å². The maximum atomic E-state index is 5.07. The molecule has 5 heteroatoms. The molecule has 2 nitrogen and oxygen atoms in total. The number of fused-ring (bicyclic) bond motifs is 8. The maximum Gasteiger partial charge on any atom is 0.124 e. The van der Waals surface area contributed by atoms with Crippen molar-refractivity contribution >= 4 is 102 Å². The lowest BCUT2D eigenvalue weighted by Crippen LogP contribution is -2.09. The van der Waals surface area contributed by atoms with Gasteiger partial charge in [-0.25, -0.2) is 4.98 Å². The Morgan fingerprint density at radius 1 is 0.417 bits per heavy atom. The first-order valence-corrected chi connectivity index (χ1v) is 18.4. The molecule has 0 atom stereocenters. The Kier molecular flexibility index (Phi) is 6.44. The Balaban J connectivity index is 1.19. The van der Waals surface area contributed by atoms with E-state index >= 15 is 0 Å². The van der Waals surface area contributed by atoms with Gasteiger partial charge in [0.25, 0.3) is 0 Å². The van der Waals surface area contributed by atoms with Crippen molar-refractivity contribution in [2.75, 3.05) is 4.90 Å². The van der Waals surface area contributed by atoms with E-state index in [0.717, 1.165) is 27.5 Å². The first kappa shape index (κ1) is 27.8. The predicted octanol–water partition coefficient (Wildman–Crippen LogP) is 13.8. The summed E-state index contributed by atoms with van der Waals surface area (Å²) in [6.07, 6.45) is 0. The Morgan fingerprint density at radius 2 is 1.10 bits per heavy atom. The molecule has 3 aromatic heterocycles. The summed E-state index contributed by atoms with van der Waals surface area (Å²) < 4.78 is 6.42. The van der Waals surface area contributed by atoms with E-state index in [2.05, 4.69) is 163 Å². The van der Waals surface area contributed by atoms with Crippen LogP contribution in [0, 0.1) is 0 Å². The van der Waals surface area contributed by atoms with Crippen molar-refractivity contribution in [2.45, 2.75) is 0 Å². The van der Waals surface area contributed by atoms with Gasteiger partial charge in [0.2, 0.25) is 0 Å². The molecule has 0 saturated carbocycles. The van der Waals surface area contributed by atoms with Crippen LogP contribution in [0.2, 0.25) is 0 Å². The summed E-state index contributed by atoms with van der Waals surface area (Å²) in [7, 11) is 0. The zero-order chi connectivity index (χ0) is 31.6. The number of thiazole rings is 1. The topological polar surface area (TPSA) is 16.1 Å². The Hall–Kier alpha value is -5.33. The molecule has 7 aromatic carbocycles. The van der Waals surface area contributed by atoms with E-state index in [4.69, 9.17) is 4.98 Å². The third-order valence-corrected chi connectivity index (χ3v) is 12.6. The first-order chi connectivity index (χ1) is 23.8. The molecular weight excluding hydrogens is 641 g/mol. The molecule has 0 bridgehead atoms.